The van der Waals surface area contributed by atoms with E-state index >= 15 is 0 Å². The molecule has 1 N–H and O–H groups in total. The second kappa shape index (κ2) is 5.16. The molecule has 0 aromatic carbocycles. The second-order valence-electron chi connectivity index (χ2n) is 5.40. The summed E-state index contributed by atoms with van der Waals surface area (Å²) in [5.74, 6) is 3.09. The molecule has 1 heteroatoms. The summed E-state index contributed by atoms with van der Waals surface area (Å²) in [6, 6.07) is 0. The van der Waals surface area contributed by atoms with Crippen molar-refractivity contribution >= 4 is 0 Å². The van der Waals surface area contributed by atoms with E-state index in [1.807, 2.05) is 0 Å². The third-order valence-corrected chi connectivity index (χ3v) is 4.11. The van der Waals surface area contributed by atoms with Gasteiger partial charge in [0.05, 0.1) is 0 Å². The highest BCUT2D eigenvalue weighted by Crippen LogP contribution is 2.31. The molecule has 2 saturated carbocycles. The van der Waals surface area contributed by atoms with Crippen LogP contribution in [0.4, 0.5) is 0 Å². The molecule has 0 spiro atoms. The summed E-state index contributed by atoms with van der Waals surface area (Å²) in [5, 5.41) is 3.65. The van der Waals surface area contributed by atoms with E-state index in [1.165, 1.54) is 58.0 Å². The Labute approximate surface area is 88.7 Å². The van der Waals surface area contributed by atoms with Crippen molar-refractivity contribution in [1.29, 1.82) is 0 Å². The monoisotopic (exact) mass is 195 g/mol. The van der Waals surface area contributed by atoms with Gasteiger partial charge in [0.15, 0.2) is 0 Å². The first-order valence-corrected chi connectivity index (χ1v) is 6.59. The highest BCUT2D eigenvalue weighted by atomic mass is 14.9. The van der Waals surface area contributed by atoms with Gasteiger partial charge in [-0.1, -0.05) is 26.2 Å². The van der Waals surface area contributed by atoms with Gasteiger partial charge >= 0.3 is 0 Å². The van der Waals surface area contributed by atoms with Gasteiger partial charge in [-0.15, -0.1) is 0 Å². The van der Waals surface area contributed by atoms with Crippen molar-refractivity contribution in [3.05, 3.63) is 0 Å². The molecule has 2 fully saturated rings. The average molecular weight is 195 g/mol. The van der Waals surface area contributed by atoms with Gasteiger partial charge in [0.1, 0.15) is 0 Å². The molecular formula is C13H25N. The third-order valence-electron chi connectivity index (χ3n) is 4.11. The highest BCUT2D eigenvalue weighted by Gasteiger charge is 2.22. The first kappa shape index (κ1) is 10.5. The van der Waals surface area contributed by atoms with E-state index in [-0.39, 0.29) is 0 Å². The van der Waals surface area contributed by atoms with Crippen LogP contribution >= 0.6 is 0 Å². The lowest BCUT2D eigenvalue weighted by atomic mass is 9.81. The zero-order valence-electron chi connectivity index (χ0n) is 9.60. The number of rotatable bonds is 5. The summed E-state index contributed by atoms with van der Waals surface area (Å²) in [6.07, 6.45) is 10.3. The molecule has 0 aliphatic heterocycles. The lowest BCUT2D eigenvalue weighted by Crippen LogP contribution is -2.27. The molecule has 2 rings (SSSR count). The van der Waals surface area contributed by atoms with E-state index < -0.39 is 0 Å². The molecule has 0 unspecified atom stereocenters. The maximum absolute atomic E-state index is 3.65. The Bertz CT molecular complexity index is 155. The first-order chi connectivity index (χ1) is 6.88. The molecule has 0 aromatic heterocycles. The molecule has 0 bridgehead atoms. The quantitative estimate of drug-likeness (QED) is 0.710. The Morgan fingerprint density at radius 3 is 1.64 bits per heavy atom. The Morgan fingerprint density at radius 2 is 1.21 bits per heavy atom. The van der Waals surface area contributed by atoms with Gasteiger partial charge in [-0.3, -0.25) is 0 Å². The van der Waals surface area contributed by atoms with Crippen LogP contribution in [0.2, 0.25) is 0 Å². The molecule has 0 radical (unpaired) electrons. The summed E-state index contributed by atoms with van der Waals surface area (Å²) in [4.78, 5) is 0. The minimum Gasteiger partial charge on any atom is -0.316 e. The molecule has 2 aliphatic rings. The predicted octanol–water partition coefficient (Wildman–Crippen LogP) is 3.20. The van der Waals surface area contributed by atoms with Crippen LogP contribution in [0.1, 0.15) is 51.9 Å². The number of hydrogen-bond donors (Lipinski definition) is 1. The maximum atomic E-state index is 3.65. The van der Waals surface area contributed by atoms with Crippen molar-refractivity contribution in [3.63, 3.8) is 0 Å². The van der Waals surface area contributed by atoms with Crippen LogP contribution in [0.5, 0.6) is 0 Å². The molecule has 0 saturated heterocycles. The fraction of sp³-hybridized carbons (Fsp3) is 1.00. The van der Waals surface area contributed by atoms with Crippen LogP contribution in [-0.2, 0) is 0 Å². The molecule has 14 heavy (non-hydrogen) atoms. The minimum absolute atomic E-state index is 0.997. The van der Waals surface area contributed by atoms with Crippen LogP contribution in [0.15, 0.2) is 0 Å². The van der Waals surface area contributed by atoms with E-state index in [0.717, 1.165) is 17.8 Å². The Balaban J connectivity index is 1.53. The van der Waals surface area contributed by atoms with Crippen molar-refractivity contribution in [2.24, 2.45) is 17.8 Å². The van der Waals surface area contributed by atoms with Gasteiger partial charge in [0.25, 0.3) is 0 Å². The molecule has 0 heterocycles. The largest absolute Gasteiger partial charge is 0.316 e. The smallest absolute Gasteiger partial charge is 0.00204 e. The van der Waals surface area contributed by atoms with Crippen molar-refractivity contribution in [2.45, 2.75) is 51.9 Å². The van der Waals surface area contributed by atoms with Crippen molar-refractivity contribution in [3.8, 4) is 0 Å². The fourth-order valence-electron chi connectivity index (χ4n) is 2.66. The molecule has 82 valence electrons. The SMILES string of the molecule is CCC1CCC(CNCC2CC2)CC1. The van der Waals surface area contributed by atoms with Crippen LogP contribution in [-0.4, -0.2) is 13.1 Å². The standard InChI is InChI=1S/C13H25N/c1-2-11-3-5-12(6-4-11)9-14-10-13-7-8-13/h11-14H,2-10H2,1H3. The number of hydrogen-bond acceptors (Lipinski definition) is 1. The molecule has 0 aromatic rings. The van der Waals surface area contributed by atoms with Gasteiger partial charge < -0.3 is 5.32 Å². The van der Waals surface area contributed by atoms with E-state index in [9.17, 15) is 0 Å². The van der Waals surface area contributed by atoms with Gasteiger partial charge in [-0.25, -0.2) is 0 Å². The summed E-state index contributed by atoms with van der Waals surface area (Å²) in [7, 11) is 0. The van der Waals surface area contributed by atoms with Gasteiger partial charge in [-0.2, -0.15) is 0 Å². The summed E-state index contributed by atoms with van der Waals surface area (Å²) in [5.41, 5.74) is 0. The van der Waals surface area contributed by atoms with Crippen LogP contribution < -0.4 is 5.32 Å². The Hall–Kier alpha value is -0.0400. The maximum Gasteiger partial charge on any atom is -0.00204 e. The van der Waals surface area contributed by atoms with Crippen LogP contribution in [0.3, 0.4) is 0 Å². The van der Waals surface area contributed by atoms with Crippen molar-refractivity contribution in [2.75, 3.05) is 13.1 Å². The van der Waals surface area contributed by atoms with E-state index in [0.29, 0.717) is 0 Å². The topological polar surface area (TPSA) is 12.0 Å². The zero-order valence-corrected chi connectivity index (χ0v) is 9.60. The zero-order chi connectivity index (χ0) is 9.80. The summed E-state index contributed by atoms with van der Waals surface area (Å²) >= 11 is 0. The highest BCUT2D eigenvalue weighted by molar-refractivity contribution is 4.77. The van der Waals surface area contributed by atoms with Gasteiger partial charge in [0.2, 0.25) is 0 Å². The van der Waals surface area contributed by atoms with Crippen molar-refractivity contribution < 1.29 is 0 Å². The summed E-state index contributed by atoms with van der Waals surface area (Å²) in [6.45, 7) is 4.94. The predicted molar refractivity (Wildman–Crippen MR) is 61.3 cm³/mol. The van der Waals surface area contributed by atoms with Gasteiger partial charge in [0, 0.05) is 0 Å². The van der Waals surface area contributed by atoms with Crippen LogP contribution in [0.25, 0.3) is 0 Å². The van der Waals surface area contributed by atoms with Crippen molar-refractivity contribution in [1.82, 2.24) is 5.32 Å². The Kier molecular flexibility index (Phi) is 3.86. The minimum atomic E-state index is 0.997. The van der Waals surface area contributed by atoms with Gasteiger partial charge in [-0.05, 0) is 56.5 Å². The fourth-order valence-corrected chi connectivity index (χ4v) is 2.66. The Morgan fingerprint density at radius 1 is 0.786 bits per heavy atom. The lowest BCUT2D eigenvalue weighted by molar-refractivity contribution is 0.262. The van der Waals surface area contributed by atoms with E-state index in [1.54, 1.807) is 0 Å². The average Bonchev–Trinajstić information content (AvgIpc) is 3.03. The second-order valence-corrected chi connectivity index (χ2v) is 5.40. The number of nitrogens with one attached hydrogen (secondary N) is 1. The molecule has 0 amide bonds. The third kappa shape index (κ3) is 3.27. The normalized spacial score (nSPS) is 33.2. The van der Waals surface area contributed by atoms with E-state index in [2.05, 4.69) is 12.2 Å². The lowest BCUT2D eigenvalue weighted by Gasteiger charge is -2.27. The molecule has 1 nitrogen and oxygen atoms in total. The first-order valence-electron chi connectivity index (χ1n) is 6.59. The molecular weight excluding hydrogens is 170 g/mol. The van der Waals surface area contributed by atoms with Crippen LogP contribution in [0, 0.1) is 17.8 Å². The summed E-state index contributed by atoms with van der Waals surface area (Å²) < 4.78 is 0. The van der Waals surface area contributed by atoms with E-state index in [4.69, 9.17) is 0 Å². The molecule has 2 aliphatic carbocycles. The molecule has 0 atom stereocenters.